The fraction of sp³-hybridized carbons (Fsp3) is 0.517. The van der Waals surface area contributed by atoms with Crippen molar-refractivity contribution in [2.75, 3.05) is 0 Å². The summed E-state index contributed by atoms with van der Waals surface area (Å²) in [5.41, 5.74) is 8.19. The summed E-state index contributed by atoms with van der Waals surface area (Å²) in [6.07, 6.45) is 8.43. The van der Waals surface area contributed by atoms with Crippen molar-refractivity contribution in [2.45, 2.75) is 86.5 Å². The summed E-state index contributed by atoms with van der Waals surface area (Å²) in [4.78, 5) is 20.6. The Kier molecular flexibility index (Phi) is 12.7. The Morgan fingerprint density at radius 2 is 1.13 bits per heavy atom. The molecule has 0 atom stereocenters. The molecule has 0 saturated carbocycles. The summed E-state index contributed by atoms with van der Waals surface area (Å²) in [5, 5.41) is 0. The molecule has 0 amide bonds. The molecular weight excluding hydrogens is 380 g/mol. The van der Waals surface area contributed by atoms with Crippen molar-refractivity contribution >= 4 is 12.6 Å². The highest BCUT2D eigenvalue weighted by atomic mass is 16.1. The molecule has 0 aromatic heterocycles. The zero-order valence-electron chi connectivity index (χ0n) is 20.5. The SMILES string of the molecule is Cc1cc(CC(C)C)ccc1CCC=O.Cc1cc(CC(C)C)ccc1CCCC=O. The maximum absolute atomic E-state index is 10.3. The number of unbranched alkanes of at least 4 members (excludes halogenated alkanes) is 1. The molecule has 0 radical (unpaired) electrons. The minimum absolute atomic E-state index is 0.629. The molecule has 170 valence electrons. The van der Waals surface area contributed by atoms with Gasteiger partial charge < -0.3 is 9.59 Å². The Labute approximate surface area is 190 Å². The van der Waals surface area contributed by atoms with Crippen LogP contribution in [0.25, 0.3) is 0 Å². The van der Waals surface area contributed by atoms with Crippen LogP contribution in [0.4, 0.5) is 0 Å². The molecule has 0 aliphatic heterocycles. The highest BCUT2D eigenvalue weighted by Crippen LogP contribution is 2.17. The molecule has 0 aliphatic rings. The van der Waals surface area contributed by atoms with Crippen LogP contribution in [0.1, 0.15) is 80.3 Å². The summed E-state index contributed by atoms with van der Waals surface area (Å²) in [7, 11) is 0. The summed E-state index contributed by atoms with van der Waals surface area (Å²) in [6, 6.07) is 13.3. The van der Waals surface area contributed by atoms with E-state index in [2.05, 4.69) is 77.9 Å². The van der Waals surface area contributed by atoms with Gasteiger partial charge in [-0.15, -0.1) is 0 Å². The molecule has 0 aliphatic carbocycles. The van der Waals surface area contributed by atoms with E-state index in [-0.39, 0.29) is 0 Å². The molecule has 0 heterocycles. The molecular formula is C29H42O2. The third-order valence-corrected chi connectivity index (χ3v) is 5.40. The van der Waals surface area contributed by atoms with Gasteiger partial charge in [0.05, 0.1) is 0 Å². The summed E-state index contributed by atoms with van der Waals surface area (Å²) in [6.45, 7) is 13.2. The average Bonchev–Trinajstić information content (AvgIpc) is 2.69. The predicted octanol–water partition coefficient (Wildman–Crippen LogP) is 7.04. The van der Waals surface area contributed by atoms with E-state index in [1.54, 1.807) is 0 Å². The Balaban J connectivity index is 0.000000311. The lowest BCUT2D eigenvalue weighted by Gasteiger charge is -2.09. The normalized spacial score (nSPS) is 10.7. The van der Waals surface area contributed by atoms with Crippen LogP contribution in [-0.4, -0.2) is 12.6 Å². The fourth-order valence-electron chi connectivity index (χ4n) is 3.86. The van der Waals surface area contributed by atoms with E-state index in [1.807, 2.05) is 0 Å². The van der Waals surface area contributed by atoms with Gasteiger partial charge in [0.1, 0.15) is 12.6 Å². The highest BCUT2D eigenvalue weighted by molar-refractivity contribution is 5.50. The first-order valence-electron chi connectivity index (χ1n) is 11.8. The quantitative estimate of drug-likeness (QED) is 0.287. The van der Waals surface area contributed by atoms with Crippen molar-refractivity contribution in [1.29, 1.82) is 0 Å². The lowest BCUT2D eigenvalue weighted by molar-refractivity contribution is -0.108. The first kappa shape index (κ1) is 26.8. The molecule has 0 spiro atoms. The number of aldehydes is 2. The molecule has 0 unspecified atom stereocenters. The number of aryl methyl sites for hydroxylation is 4. The number of hydrogen-bond donors (Lipinski definition) is 0. The van der Waals surface area contributed by atoms with Gasteiger partial charge in [0.2, 0.25) is 0 Å². The van der Waals surface area contributed by atoms with Gasteiger partial charge in [0.15, 0.2) is 0 Å². The molecule has 0 fully saturated rings. The second kappa shape index (κ2) is 14.7. The van der Waals surface area contributed by atoms with E-state index in [4.69, 9.17) is 0 Å². The number of carbonyl (C=O) groups excluding carboxylic acids is 2. The summed E-state index contributed by atoms with van der Waals surface area (Å²) in [5.74, 6) is 1.41. The number of hydrogen-bond acceptors (Lipinski definition) is 2. The van der Waals surface area contributed by atoms with E-state index in [9.17, 15) is 9.59 Å². The Bertz CT molecular complexity index is 802. The van der Waals surface area contributed by atoms with Crippen molar-refractivity contribution in [1.82, 2.24) is 0 Å². The van der Waals surface area contributed by atoms with Gasteiger partial charge in [0, 0.05) is 12.8 Å². The van der Waals surface area contributed by atoms with Crippen LogP contribution in [0.15, 0.2) is 36.4 Å². The van der Waals surface area contributed by atoms with Gasteiger partial charge in [-0.1, -0.05) is 64.1 Å². The van der Waals surface area contributed by atoms with Crippen LogP contribution in [0.3, 0.4) is 0 Å². The topological polar surface area (TPSA) is 34.1 Å². The van der Waals surface area contributed by atoms with E-state index in [0.29, 0.717) is 24.7 Å². The molecule has 2 rings (SSSR count). The van der Waals surface area contributed by atoms with Crippen LogP contribution in [-0.2, 0) is 35.3 Å². The fourth-order valence-corrected chi connectivity index (χ4v) is 3.86. The van der Waals surface area contributed by atoms with Crippen molar-refractivity contribution in [3.63, 3.8) is 0 Å². The molecule has 2 aromatic rings. The molecule has 2 aromatic carbocycles. The maximum Gasteiger partial charge on any atom is 0.120 e. The lowest BCUT2D eigenvalue weighted by Crippen LogP contribution is -1.97. The maximum atomic E-state index is 10.3. The van der Waals surface area contributed by atoms with Gasteiger partial charge in [0.25, 0.3) is 0 Å². The molecule has 2 heteroatoms. The molecule has 2 nitrogen and oxygen atoms in total. The Morgan fingerprint density at radius 1 is 0.677 bits per heavy atom. The zero-order valence-corrected chi connectivity index (χ0v) is 20.5. The number of rotatable bonds is 11. The molecule has 0 bridgehead atoms. The number of benzene rings is 2. The molecule has 0 saturated heterocycles. The summed E-state index contributed by atoms with van der Waals surface area (Å²) < 4.78 is 0. The van der Waals surface area contributed by atoms with Crippen molar-refractivity contribution in [3.05, 3.63) is 69.8 Å². The minimum atomic E-state index is 0.629. The Hall–Kier alpha value is -2.22. The van der Waals surface area contributed by atoms with Crippen LogP contribution < -0.4 is 0 Å². The highest BCUT2D eigenvalue weighted by Gasteiger charge is 2.03. The van der Waals surface area contributed by atoms with Crippen molar-refractivity contribution < 1.29 is 9.59 Å². The minimum Gasteiger partial charge on any atom is -0.303 e. The van der Waals surface area contributed by atoms with E-state index < -0.39 is 0 Å². The van der Waals surface area contributed by atoms with Crippen LogP contribution in [0.5, 0.6) is 0 Å². The van der Waals surface area contributed by atoms with Gasteiger partial charge >= 0.3 is 0 Å². The predicted molar refractivity (Wildman–Crippen MR) is 133 cm³/mol. The first-order chi connectivity index (χ1) is 14.8. The van der Waals surface area contributed by atoms with Crippen molar-refractivity contribution in [3.8, 4) is 0 Å². The Morgan fingerprint density at radius 3 is 1.52 bits per heavy atom. The summed E-state index contributed by atoms with van der Waals surface area (Å²) >= 11 is 0. The van der Waals surface area contributed by atoms with Crippen molar-refractivity contribution in [2.24, 2.45) is 11.8 Å². The average molecular weight is 423 g/mol. The second-order valence-corrected chi connectivity index (χ2v) is 9.48. The smallest absolute Gasteiger partial charge is 0.120 e. The largest absolute Gasteiger partial charge is 0.303 e. The van der Waals surface area contributed by atoms with Crippen LogP contribution in [0, 0.1) is 25.7 Å². The van der Waals surface area contributed by atoms with Gasteiger partial charge in [-0.25, -0.2) is 0 Å². The van der Waals surface area contributed by atoms with Crippen LogP contribution >= 0.6 is 0 Å². The van der Waals surface area contributed by atoms with Crippen LogP contribution in [0.2, 0.25) is 0 Å². The zero-order chi connectivity index (χ0) is 23.2. The lowest BCUT2D eigenvalue weighted by atomic mass is 9.96. The molecule has 0 N–H and O–H groups in total. The number of carbonyl (C=O) groups is 2. The van der Waals surface area contributed by atoms with E-state index >= 15 is 0 Å². The third-order valence-electron chi connectivity index (χ3n) is 5.40. The van der Waals surface area contributed by atoms with Gasteiger partial charge in [-0.2, -0.15) is 0 Å². The third kappa shape index (κ3) is 11.1. The molecule has 31 heavy (non-hydrogen) atoms. The standard InChI is InChI=1S/C15H22O.C14H20O/c1-12(2)10-14-7-8-15(13(3)11-14)6-4-5-9-16;1-11(2)9-13-6-7-14(5-4-8-15)12(3)10-13/h7-9,11-12H,4-6,10H2,1-3H3;6-8,10-11H,4-5,9H2,1-3H3. The first-order valence-corrected chi connectivity index (χ1v) is 11.8. The van der Waals surface area contributed by atoms with E-state index in [0.717, 1.165) is 44.7 Å². The second-order valence-electron chi connectivity index (χ2n) is 9.48. The van der Waals surface area contributed by atoms with Gasteiger partial charge in [-0.05, 0) is 91.2 Å². The monoisotopic (exact) mass is 422 g/mol. The van der Waals surface area contributed by atoms with Gasteiger partial charge in [-0.3, -0.25) is 0 Å². The van der Waals surface area contributed by atoms with E-state index in [1.165, 1.54) is 33.4 Å².